The molecule has 0 amide bonds. The van der Waals surface area contributed by atoms with Crippen LogP contribution >= 0.6 is 0 Å². The topological polar surface area (TPSA) is 103 Å². The van der Waals surface area contributed by atoms with Crippen LogP contribution in [0.4, 0.5) is 0 Å². The number of aromatic carboxylic acids is 1. The summed E-state index contributed by atoms with van der Waals surface area (Å²) in [5, 5.41) is 9.06. The lowest BCUT2D eigenvalue weighted by Gasteiger charge is -2.05. The van der Waals surface area contributed by atoms with Gasteiger partial charge in [-0.2, -0.15) is 0 Å². The molecule has 0 radical (unpaired) electrons. The average molecular weight is 288 g/mol. The second kappa shape index (κ2) is 6.21. The molecule has 3 N–H and O–H groups in total. The normalized spacial score (nSPS) is 10.5. The van der Waals surface area contributed by atoms with Gasteiger partial charge in [0.1, 0.15) is 5.69 Å². The molecule has 0 saturated carbocycles. The number of aromatic amines is 2. The van der Waals surface area contributed by atoms with Crippen molar-refractivity contribution in [2.75, 3.05) is 0 Å². The van der Waals surface area contributed by atoms with E-state index in [0.717, 1.165) is 12.0 Å². The van der Waals surface area contributed by atoms with E-state index in [1.807, 2.05) is 24.3 Å². The second-order valence-corrected chi connectivity index (χ2v) is 4.74. The van der Waals surface area contributed by atoms with Crippen LogP contribution in [0.5, 0.6) is 0 Å². The molecule has 21 heavy (non-hydrogen) atoms. The van der Waals surface area contributed by atoms with Crippen LogP contribution in [0.1, 0.15) is 34.1 Å². The highest BCUT2D eigenvalue weighted by Crippen LogP contribution is 2.09. The molecule has 0 bridgehead atoms. The van der Waals surface area contributed by atoms with Crippen LogP contribution in [-0.2, 0) is 19.3 Å². The lowest BCUT2D eigenvalue weighted by Crippen LogP contribution is -2.30. The van der Waals surface area contributed by atoms with Crippen molar-refractivity contribution in [1.29, 1.82) is 0 Å². The summed E-state index contributed by atoms with van der Waals surface area (Å²) < 4.78 is 0. The molecule has 6 nitrogen and oxygen atoms in total. The Morgan fingerprint density at radius 2 is 1.67 bits per heavy atom. The van der Waals surface area contributed by atoms with E-state index in [-0.39, 0.29) is 17.7 Å². The molecule has 0 atom stereocenters. The van der Waals surface area contributed by atoms with Gasteiger partial charge in [0.2, 0.25) is 0 Å². The zero-order valence-electron chi connectivity index (χ0n) is 11.6. The van der Waals surface area contributed by atoms with Crippen LogP contribution in [0.25, 0.3) is 0 Å². The summed E-state index contributed by atoms with van der Waals surface area (Å²) in [7, 11) is 0. The van der Waals surface area contributed by atoms with Crippen molar-refractivity contribution < 1.29 is 9.90 Å². The maximum atomic E-state index is 11.7. The first-order valence-corrected chi connectivity index (χ1v) is 6.68. The summed E-state index contributed by atoms with van der Waals surface area (Å²) in [6.45, 7) is 2.06. The van der Waals surface area contributed by atoms with Crippen molar-refractivity contribution in [3.8, 4) is 0 Å². The number of carboxylic acids is 1. The van der Waals surface area contributed by atoms with E-state index in [1.54, 1.807) is 0 Å². The summed E-state index contributed by atoms with van der Waals surface area (Å²) in [5.74, 6) is -1.31. The zero-order valence-corrected chi connectivity index (χ0v) is 11.6. The third-order valence-electron chi connectivity index (χ3n) is 3.35. The van der Waals surface area contributed by atoms with Crippen LogP contribution in [0.3, 0.4) is 0 Å². The Morgan fingerprint density at radius 1 is 1.05 bits per heavy atom. The van der Waals surface area contributed by atoms with Gasteiger partial charge in [-0.05, 0) is 30.4 Å². The molecule has 0 unspecified atom stereocenters. The summed E-state index contributed by atoms with van der Waals surface area (Å²) in [5.41, 5.74) is 0.506. The molecular weight excluding hydrogens is 272 g/mol. The molecule has 2 rings (SSSR count). The largest absolute Gasteiger partial charge is 0.477 e. The first kappa shape index (κ1) is 14.8. The second-order valence-electron chi connectivity index (χ2n) is 4.74. The lowest BCUT2D eigenvalue weighted by atomic mass is 10.0. The van der Waals surface area contributed by atoms with E-state index >= 15 is 0 Å². The molecule has 0 aliphatic carbocycles. The van der Waals surface area contributed by atoms with Gasteiger partial charge in [-0.15, -0.1) is 0 Å². The lowest BCUT2D eigenvalue weighted by molar-refractivity contribution is 0.0688. The quantitative estimate of drug-likeness (QED) is 0.766. The highest BCUT2D eigenvalue weighted by atomic mass is 16.4. The van der Waals surface area contributed by atoms with Gasteiger partial charge in [-0.25, -0.2) is 9.59 Å². The molecule has 6 heteroatoms. The number of carboxylic acid groups (broad SMARTS) is 1. The number of nitrogens with one attached hydrogen (secondary N) is 2. The first-order chi connectivity index (χ1) is 10.0. The fraction of sp³-hybridized carbons (Fsp3) is 0.267. The van der Waals surface area contributed by atoms with Gasteiger partial charge >= 0.3 is 11.7 Å². The van der Waals surface area contributed by atoms with Crippen molar-refractivity contribution in [1.82, 2.24) is 9.97 Å². The van der Waals surface area contributed by atoms with E-state index < -0.39 is 17.2 Å². The van der Waals surface area contributed by atoms with Gasteiger partial charge in [0.05, 0.1) is 0 Å². The molecule has 1 aromatic heterocycles. The summed E-state index contributed by atoms with van der Waals surface area (Å²) in [6, 6.07) is 7.92. The van der Waals surface area contributed by atoms with Crippen molar-refractivity contribution in [2.24, 2.45) is 0 Å². The third-order valence-corrected chi connectivity index (χ3v) is 3.35. The molecule has 0 fully saturated rings. The summed E-state index contributed by atoms with van der Waals surface area (Å²) >= 11 is 0. The van der Waals surface area contributed by atoms with Crippen LogP contribution in [0.2, 0.25) is 0 Å². The highest BCUT2D eigenvalue weighted by Gasteiger charge is 2.15. The van der Waals surface area contributed by atoms with E-state index in [1.165, 1.54) is 5.56 Å². The number of aryl methyl sites for hydroxylation is 2. The number of H-pyrrole nitrogens is 2. The molecular formula is C15H16N2O4. The predicted octanol–water partition coefficient (Wildman–Crippen LogP) is 1.11. The average Bonchev–Trinajstić information content (AvgIpc) is 2.46. The Labute approximate surface area is 120 Å². The molecule has 0 saturated heterocycles. The standard InChI is InChI=1S/C15H16N2O4/c1-2-9-3-5-10(6-4-9)7-8-11-12(14(19)20)16-15(21)17-13(11)18/h3-6H,2,7-8H2,1H3,(H,19,20)(H2,16,17,18,21). The van der Waals surface area contributed by atoms with E-state index in [2.05, 4.69) is 16.9 Å². The Morgan fingerprint density at radius 3 is 2.24 bits per heavy atom. The summed E-state index contributed by atoms with van der Waals surface area (Å²) in [6.07, 6.45) is 1.72. The minimum atomic E-state index is -1.31. The predicted molar refractivity (Wildman–Crippen MR) is 77.9 cm³/mol. The van der Waals surface area contributed by atoms with Crippen LogP contribution in [-0.4, -0.2) is 21.0 Å². The van der Waals surface area contributed by atoms with E-state index in [4.69, 9.17) is 5.11 Å². The van der Waals surface area contributed by atoms with Crippen LogP contribution in [0.15, 0.2) is 33.9 Å². The smallest absolute Gasteiger partial charge is 0.352 e. The van der Waals surface area contributed by atoms with Gasteiger partial charge in [-0.3, -0.25) is 9.78 Å². The number of hydrogen-bond donors (Lipinski definition) is 3. The number of hydrogen-bond acceptors (Lipinski definition) is 3. The maximum absolute atomic E-state index is 11.7. The van der Waals surface area contributed by atoms with Crippen molar-refractivity contribution >= 4 is 5.97 Å². The molecule has 0 aliphatic heterocycles. The minimum Gasteiger partial charge on any atom is -0.477 e. The summed E-state index contributed by atoms with van der Waals surface area (Å²) in [4.78, 5) is 38.2. The number of aromatic nitrogens is 2. The Balaban J connectivity index is 2.25. The van der Waals surface area contributed by atoms with Crippen molar-refractivity contribution in [2.45, 2.75) is 26.2 Å². The molecule has 1 heterocycles. The Hall–Kier alpha value is -2.63. The SMILES string of the molecule is CCc1ccc(CCc2c(C(=O)O)[nH]c(=O)[nH]c2=O)cc1. The fourth-order valence-corrected chi connectivity index (χ4v) is 2.14. The molecule has 2 aromatic rings. The Kier molecular flexibility index (Phi) is 4.37. The van der Waals surface area contributed by atoms with E-state index in [0.29, 0.717) is 6.42 Å². The van der Waals surface area contributed by atoms with Crippen LogP contribution < -0.4 is 11.2 Å². The molecule has 0 aliphatic rings. The zero-order chi connectivity index (χ0) is 15.4. The van der Waals surface area contributed by atoms with Gasteiger partial charge in [0, 0.05) is 5.56 Å². The van der Waals surface area contributed by atoms with Crippen LogP contribution in [0, 0.1) is 0 Å². The minimum absolute atomic E-state index is 0.0849. The fourth-order valence-electron chi connectivity index (χ4n) is 2.14. The molecule has 1 aromatic carbocycles. The van der Waals surface area contributed by atoms with Gasteiger partial charge in [0.15, 0.2) is 0 Å². The number of rotatable bonds is 5. The van der Waals surface area contributed by atoms with Gasteiger partial charge < -0.3 is 10.1 Å². The van der Waals surface area contributed by atoms with Crippen molar-refractivity contribution in [3.63, 3.8) is 0 Å². The van der Waals surface area contributed by atoms with Crippen molar-refractivity contribution in [3.05, 3.63) is 67.5 Å². The maximum Gasteiger partial charge on any atom is 0.352 e. The van der Waals surface area contributed by atoms with E-state index in [9.17, 15) is 14.4 Å². The molecule has 110 valence electrons. The number of benzene rings is 1. The monoisotopic (exact) mass is 288 g/mol. The number of carbonyl (C=O) groups is 1. The Bertz CT molecular complexity index is 756. The first-order valence-electron chi connectivity index (χ1n) is 6.68. The van der Waals surface area contributed by atoms with Gasteiger partial charge in [0.25, 0.3) is 5.56 Å². The van der Waals surface area contributed by atoms with Gasteiger partial charge in [-0.1, -0.05) is 31.2 Å². The highest BCUT2D eigenvalue weighted by molar-refractivity contribution is 5.86. The molecule has 0 spiro atoms. The third kappa shape index (κ3) is 3.47.